The van der Waals surface area contributed by atoms with Crippen LogP contribution in [0.3, 0.4) is 0 Å². The van der Waals surface area contributed by atoms with E-state index in [-0.39, 0.29) is 18.1 Å². The second kappa shape index (κ2) is 6.42. The lowest BCUT2D eigenvalue weighted by Gasteiger charge is -2.35. The normalized spacial score (nSPS) is 32.4. The van der Waals surface area contributed by atoms with Crippen LogP contribution in [0.5, 0.6) is 0 Å². The molecule has 6 nitrogen and oxygen atoms in total. The van der Waals surface area contributed by atoms with Gasteiger partial charge in [-0.1, -0.05) is 18.0 Å². The van der Waals surface area contributed by atoms with Crippen LogP contribution in [0.25, 0.3) is 0 Å². The van der Waals surface area contributed by atoms with Crippen molar-refractivity contribution in [2.45, 2.75) is 44.2 Å². The first kappa shape index (κ1) is 14.9. The second-order valence-electron chi connectivity index (χ2n) is 6.62. The fourth-order valence-electron chi connectivity index (χ4n) is 3.43. The summed E-state index contributed by atoms with van der Waals surface area (Å²) in [5, 5.41) is 14.2. The first-order valence-electron chi connectivity index (χ1n) is 8.03. The molecule has 3 unspecified atom stereocenters. The van der Waals surface area contributed by atoms with Crippen molar-refractivity contribution in [1.82, 2.24) is 19.9 Å². The van der Waals surface area contributed by atoms with Gasteiger partial charge in [0.15, 0.2) is 5.82 Å². The van der Waals surface area contributed by atoms with Gasteiger partial charge in [-0.3, -0.25) is 4.90 Å². The van der Waals surface area contributed by atoms with Crippen molar-refractivity contribution in [3.63, 3.8) is 0 Å². The van der Waals surface area contributed by atoms with Crippen LogP contribution in [0.15, 0.2) is 4.52 Å². The standard InChI is InChI=1S/C15H26N4O2/c1-18-7-8-19(2)12(10-18)15-16-14(21-17-15)9-11-5-3-4-6-13(11)20/h11-13,20H,3-10H2,1-2H3. The summed E-state index contributed by atoms with van der Waals surface area (Å²) in [4.78, 5) is 9.17. The fraction of sp³-hybridized carbons (Fsp3) is 0.867. The molecule has 1 aromatic heterocycles. The van der Waals surface area contributed by atoms with E-state index in [4.69, 9.17) is 4.52 Å². The second-order valence-corrected chi connectivity index (χ2v) is 6.62. The van der Waals surface area contributed by atoms with Crippen molar-refractivity contribution in [3.05, 3.63) is 11.7 Å². The Kier molecular flexibility index (Phi) is 4.57. The van der Waals surface area contributed by atoms with Gasteiger partial charge in [0.25, 0.3) is 0 Å². The molecule has 1 saturated heterocycles. The van der Waals surface area contributed by atoms with Gasteiger partial charge in [-0.2, -0.15) is 4.98 Å². The SMILES string of the molecule is CN1CCN(C)C(c2noc(CC3CCCCC3O)n2)C1. The smallest absolute Gasteiger partial charge is 0.227 e. The lowest BCUT2D eigenvalue weighted by atomic mass is 9.84. The highest BCUT2D eigenvalue weighted by Gasteiger charge is 2.29. The van der Waals surface area contributed by atoms with Gasteiger partial charge in [0.2, 0.25) is 5.89 Å². The first-order chi connectivity index (χ1) is 10.1. The summed E-state index contributed by atoms with van der Waals surface area (Å²) in [6.07, 6.45) is 4.79. The van der Waals surface area contributed by atoms with Crippen LogP contribution in [0.1, 0.15) is 43.4 Å². The highest BCUT2D eigenvalue weighted by molar-refractivity contribution is 4.99. The van der Waals surface area contributed by atoms with Crippen LogP contribution in [0.4, 0.5) is 0 Å². The van der Waals surface area contributed by atoms with Crippen molar-refractivity contribution in [2.24, 2.45) is 5.92 Å². The summed E-state index contributed by atoms with van der Waals surface area (Å²) < 4.78 is 5.44. The molecule has 3 rings (SSSR count). The molecule has 2 fully saturated rings. The molecular weight excluding hydrogens is 268 g/mol. The minimum atomic E-state index is -0.211. The van der Waals surface area contributed by atoms with Gasteiger partial charge < -0.3 is 14.5 Å². The molecule has 1 aliphatic carbocycles. The van der Waals surface area contributed by atoms with E-state index in [1.807, 2.05) is 0 Å². The Hall–Kier alpha value is -0.980. The Bertz CT molecular complexity index is 464. The van der Waals surface area contributed by atoms with Crippen LogP contribution < -0.4 is 0 Å². The van der Waals surface area contributed by atoms with E-state index in [0.717, 1.165) is 44.7 Å². The maximum Gasteiger partial charge on any atom is 0.227 e. The molecule has 1 aliphatic heterocycles. The van der Waals surface area contributed by atoms with Crippen molar-refractivity contribution < 1.29 is 9.63 Å². The van der Waals surface area contributed by atoms with Crippen LogP contribution >= 0.6 is 0 Å². The summed E-state index contributed by atoms with van der Waals surface area (Å²) in [6.45, 7) is 3.03. The zero-order valence-electron chi connectivity index (χ0n) is 13.0. The van der Waals surface area contributed by atoms with Crippen LogP contribution in [-0.4, -0.2) is 64.9 Å². The highest BCUT2D eigenvalue weighted by Crippen LogP contribution is 2.28. The minimum Gasteiger partial charge on any atom is -0.393 e. The number of aliphatic hydroxyl groups excluding tert-OH is 1. The third-order valence-corrected chi connectivity index (χ3v) is 4.94. The molecule has 2 aliphatic rings. The number of hydrogen-bond donors (Lipinski definition) is 1. The molecule has 0 amide bonds. The zero-order valence-corrected chi connectivity index (χ0v) is 13.0. The van der Waals surface area contributed by atoms with Crippen LogP contribution in [0.2, 0.25) is 0 Å². The van der Waals surface area contributed by atoms with Crippen molar-refractivity contribution in [1.29, 1.82) is 0 Å². The molecule has 118 valence electrons. The predicted molar refractivity (Wildman–Crippen MR) is 78.8 cm³/mol. The summed E-state index contributed by atoms with van der Waals surface area (Å²) in [6, 6.07) is 0.206. The van der Waals surface area contributed by atoms with E-state index in [1.165, 1.54) is 6.42 Å². The van der Waals surface area contributed by atoms with Crippen molar-refractivity contribution in [3.8, 4) is 0 Å². The van der Waals surface area contributed by atoms with E-state index < -0.39 is 0 Å². The molecule has 1 aromatic rings. The van der Waals surface area contributed by atoms with Gasteiger partial charge in [0.1, 0.15) is 0 Å². The number of rotatable bonds is 3. The van der Waals surface area contributed by atoms with Gasteiger partial charge in [-0.05, 0) is 32.9 Å². The molecule has 3 atom stereocenters. The van der Waals surface area contributed by atoms with Crippen LogP contribution in [-0.2, 0) is 6.42 Å². The Morgan fingerprint density at radius 1 is 1.24 bits per heavy atom. The van der Waals surface area contributed by atoms with E-state index in [0.29, 0.717) is 12.3 Å². The summed E-state index contributed by atoms with van der Waals surface area (Å²) in [5.74, 6) is 1.74. The molecule has 0 bridgehead atoms. The lowest BCUT2D eigenvalue weighted by Crippen LogP contribution is -2.45. The summed E-state index contributed by atoms with van der Waals surface area (Å²) in [5.41, 5.74) is 0. The van der Waals surface area contributed by atoms with Gasteiger partial charge in [-0.25, -0.2) is 0 Å². The van der Waals surface area contributed by atoms with Gasteiger partial charge >= 0.3 is 0 Å². The number of aromatic nitrogens is 2. The Labute approximate surface area is 126 Å². The Morgan fingerprint density at radius 3 is 2.86 bits per heavy atom. The zero-order chi connectivity index (χ0) is 14.8. The minimum absolute atomic E-state index is 0.206. The maximum absolute atomic E-state index is 10.1. The summed E-state index contributed by atoms with van der Waals surface area (Å²) >= 11 is 0. The number of nitrogens with zero attached hydrogens (tertiary/aromatic N) is 4. The number of likely N-dealkylation sites (N-methyl/N-ethyl adjacent to an activating group) is 2. The third-order valence-electron chi connectivity index (χ3n) is 4.94. The average Bonchev–Trinajstić information content (AvgIpc) is 2.92. The van der Waals surface area contributed by atoms with Crippen LogP contribution in [0, 0.1) is 5.92 Å². The quantitative estimate of drug-likeness (QED) is 0.900. The molecule has 1 N–H and O–H groups in total. The van der Waals surface area contributed by atoms with Crippen molar-refractivity contribution >= 4 is 0 Å². The van der Waals surface area contributed by atoms with Gasteiger partial charge in [-0.15, -0.1) is 0 Å². The third kappa shape index (κ3) is 3.44. The van der Waals surface area contributed by atoms with Gasteiger partial charge in [0, 0.05) is 26.1 Å². The molecule has 21 heavy (non-hydrogen) atoms. The van der Waals surface area contributed by atoms with E-state index in [9.17, 15) is 5.11 Å². The molecular formula is C15H26N4O2. The lowest BCUT2D eigenvalue weighted by molar-refractivity contribution is 0.0656. The Balaban J connectivity index is 1.65. The monoisotopic (exact) mass is 294 g/mol. The van der Waals surface area contributed by atoms with Gasteiger partial charge in [0.05, 0.1) is 12.1 Å². The van der Waals surface area contributed by atoms with E-state index >= 15 is 0 Å². The van der Waals surface area contributed by atoms with E-state index in [2.05, 4.69) is 34.0 Å². The molecule has 1 saturated carbocycles. The molecule has 0 aromatic carbocycles. The number of aliphatic hydroxyl groups is 1. The fourth-order valence-corrected chi connectivity index (χ4v) is 3.43. The highest BCUT2D eigenvalue weighted by atomic mass is 16.5. The average molecular weight is 294 g/mol. The molecule has 2 heterocycles. The molecule has 0 radical (unpaired) electrons. The maximum atomic E-state index is 10.1. The van der Waals surface area contributed by atoms with Crippen molar-refractivity contribution in [2.75, 3.05) is 33.7 Å². The molecule has 0 spiro atoms. The Morgan fingerprint density at radius 2 is 2.05 bits per heavy atom. The number of hydrogen-bond acceptors (Lipinski definition) is 6. The van der Waals surface area contributed by atoms with E-state index in [1.54, 1.807) is 0 Å². The largest absolute Gasteiger partial charge is 0.393 e. The molecule has 6 heteroatoms. The predicted octanol–water partition coefficient (Wildman–Crippen LogP) is 1.08. The number of piperazine rings is 1. The first-order valence-corrected chi connectivity index (χ1v) is 8.03. The summed E-state index contributed by atoms with van der Waals surface area (Å²) in [7, 11) is 4.23. The topological polar surface area (TPSA) is 65.6 Å².